The van der Waals surface area contributed by atoms with Crippen LogP contribution in [0.25, 0.3) is 61.5 Å². The third kappa shape index (κ3) is 5.33. The molecule has 1 aromatic heterocycles. The smallest absolute Gasteiger partial charge is 0.0715 e. The van der Waals surface area contributed by atoms with Crippen LogP contribution in [0.15, 0.2) is 151 Å². The van der Waals surface area contributed by atoms with Gasteiger partial charge in [-0.05, 0) is 105 Å². The Morgan fingerprint density at radius 3 is 1.72 bits per heavy atom. The molecule has 0 unspecified atom stereocenters. The van der Waals surface area contributed by atoms with E-state index in [0.717, 1.165) is 28.1 Å². The monoisotopic (exact) mass is 611 g/mol. The van der Waals surface area contributed by atoms with Crippen LogP contribution in [0.3, 0.4) is 0 Å². The Bertz CT molecular complexity index is 2080. The number of aromatic nitrogens is 1. The molecule has 0 fully saturated rings. The minimum atomic E-state index is -0.0548. The minimum absolute atomic E-state index is 0.0548. The molecule has 0 saturated heterocycles. The minimum Gasteiger partial charge on any atom is -0.248 e. The number of fused-ring (bicyclic) bond motifs is 1. The van der Waals surface area contributed by atoms with Gasteiger partial charge in [-0.15, -0.1) is 0 Å². The predicted molar refractivity (Wildman–Crippen MR) is 200 cm³/mol. The third-order valence-electron chi connectivity index (χ3n) is 9.40. The molecular weight excluding hydrogens is 575 g/mol. The van der Waals surface area contributed by atoms with Crippen LogP contribution >= 0.6 is 12.6 Å². The normalized spacial score (nSPS) is 15.3. The van der Waals surface area contributed by atoms with Crippen LogP contribution in [0.4, 0.5) is 0 Å². The van der Waals surface area contributed by atoms with E-state index in [-0.39, 0.29) is 5.41 Å². The van der Waals surface area contributed by atoms with Gasteiger partial charge in [-0.1, -0.05) is 129 Å². The first kappa shape index (κ1) is 29.8. The molecule has 0 bridgehead atoms. The van der Waals surface area contributed by atoms with Crippen LogP contribution in [-0.2, 0) is 5.41 Å². The molecule has 0 spiro atoms. The van der Waals surface area contributed by atoms with Crippen molar-refractivity contribution in [1.29, 1.82) is 0 Å². The lowest BCUT2D eigenvalue weighted by Crippen LogP contribution is -2.14. The predicted octanol–water partition coefficient (Wildman–Crippen LogP) is 12.2. The van der Waals surface area contributed by atoms with Gasteiger partial charge in [0.1, 0.15) is 0 Å². The van der Waals surface area contributed by atoms with Gasteiger partial charge in [0.25, 0.3) is 0 Å². The molecule has 6 aromatic rings. The van der Waals surface area contributed by atoms with Crippen LogP contribution in [0.1, 0.15) is 37.5 Å². The van der Waals surface area contributed by atoms with Crippen LogP contribution < -0.4 is 0 Å². The molecular formula is C44H37NS. The number of rotatable bonds is 5. The van der Waals surface area contributed by atoms with Gasteiger partial charge in [0.05, 0.1) is 11.4 Å². The Labute approximate surface area is 278 Å². The lowest BCUT2D eigenvalue weighted by atomic mass is 9.83. The first-order chi connectivity index (χ1) is 22.4. The highest BCUT2D eigenvalue weighted by Gasteiger charge is 2.37. The summed E-state index contributed by atoms with van der Waals surface area (Å²) in [5.74, 6) is 0. The summed E-state index contributed by atoms with van der Waals surface area (Å²) in [6, 6.07) is 47.9. The molecule has 7 rings (SSSR count). The lowest BCUT2D eigenvalue weighted by Gasteiger charge is -2.21. The molecule has 1 nitrogen and oxygen atoms in total. The molecule has 2 heteroatoms. The van der Waals surface area contributed by atoms with Crippen LogP contribution in [0.2, 0.25) is 0 Å². The summed E-state index contributed by atoms with van der Waals surface area (Å²) in [7, 11) is 0. The van der Waals surface area contributed by atoms with E-state index in [2.05, 4.69) is 168 Å². The second-order valence-electron chi connectivity index (χ2n) is 12.6. The van der Waals surface area contributed by atoms with Crippen LogP contribution in [0, 0.1) is 6.92 Å². The number of nitrogens with zero attached hydrogens (tertiary/aromatic N) is 1. The summed E-state index contributed by atoms with van der Waals surface area (Å²) in [4.78, 5) is 5.07. The number of allylic oxidation sites excluding steroid dienone is 3. The highest BCUT2D eigenvalue weighted by Crippen LogP contribution is 2.50. The number of aryl methyl sites for hydroxylation is 1. The summed E-state index contributed by atoms with van der Waals surface area (Å²) in [6.07, 6.45) is 2.22. The van der Waals surface area contributed by atoms with Crippen molar-refractivity contribution in [2.24, 2.45) is 0 Å². The first-order valence-electron chi connectivity index (χ1n) is 15.9. The van der Waals surface area contributed by atoms with Crippen molar-refractivity contribution in [2.45, 2.75) is 33.1 Å². The summed E-state index contributed by atoms with van der Waals surface area (Å²) >= 11 is 4.57. The first-order valence-corrected chi connectivity index (χ1v) is 16.4. The maximum absolute atomic E-state index is 5.07. The average molecular weight is 612 g/mol. The second-order valence-corrected chi connectivity index (χ2v) is 12.9. The van der Waals surface area contributed by atoms with Gasteiger partial charge < -0.3 is 0 Å². The van der Waals surface area contributed by atoms with Gasteiger partial charge in [-0.3, -0.25) is 0 Å². The van der Waals surface area contributed by atoms with Crippen molar-refractivity contribution in [3.63, 3.8) is 0 Å². The second kappa shape index (κ2) is 12.1. The number of benzene rings is 5. The molecule has 1 aliphatic carbocycles. The topological polar surface area (TPSA) is 12.9 Å². The summed E-state index contributed by atoms with van der Waals surface area (Å²) < 4.78 is 0. The number of hydrogen-bond acceptors (Lipinski definition) is 2. The van der Waals surface area contributed by atoms with Crippen molar-refractivity contribution in [2.75, 3.05) is 0 Å². The molecule has 0 radical (unpaired) electrons. The quantitative estimate of drug-likeness (QED) is 0.191. The Hall–Kier alpha value is -4.92. The highest BCUT2D eigenvalue weighted by molar-refractivity contribution is 7.83. The molecule has 46 heavy (non-hydrogen) atoms. The Morgan fingerprint density at radius 2 is 1.11 bits per heavy atom. The Morgan fingerprint density at radius 1 is 0.543 bits per heavy atom. The molecule has 224 valence electrons. The number of pyridine rings is 1. The summed E-state index contributed by atoms with van der Waals surface area (Å²) in [5, 5.41) is 1.97. The van der Waals surface area contributed by atoms with E-state index >= 15 is 0 Å². The molecule has 0 saturated carbocycles. The van der Waals surface area contributed by atoms with Gasteiger partial charge in [-0.25, -0.2) is 4.98 Å². The van der Waals surface area contributed by atoms with Gasteiger partial charge in [-0.2, -0.15) is 12.6 Å². The van der Waals surface area contributed by atoms with Gasteiger partial charge >= 0.3 is 0 Å². The van der Waals surface area contributed by atoms with Gasteiger partial charge in [0.2, 0.25) is 0 Å². The SMILES string of the molecule is CC=C1/C(=C\S)C(C)(C)c2ccc(-c3ccc(-c4cccc(-c5cc(-c6ccccc6)nc(-c6ccccc6)c5)c4)c(C)c3)cc21. The molecule has 1 aliphatic rings. The summed E-state index contributed by atoms with van der Waals surface area (Å²) in [6.45, 7) is 8.91. The van der Waals surface area contributed by atoms with Crippen molar-refractivity contribution in [3.05, 3.63) is 167 Å². The third-order valence-corrected chi connectivity index (χ3v) is 9.65. The molecule has 1 heterocycles. The van der Waals surface area contributed by atoms with Crippen molar-refractivity contribution >= 4 is 18.2 Å². The van der Waals surface area contributed by atoms with E-state index in [9.17, 15) is 0 Å². The van der Waals surface area contributed by atoms with Gasteiger partial charge in [0.15, 0.2) is 0 Å². The Kier molecular flexibility index (Phi) is 7.84. The number of thiol groups is 1. The van der Waals surface area contributed by atoms with Crippen LogP contribution in [0.5, 0.6) is 0 Å². The number of hydrogen-bond donors (Lipinski definition) is 1. The fraction of sp³-hybridized carbons (Fsp3) is 0.114. The molecule has 0 N–H and O–H groups in total. The van der Waals surface area contributed by atoms with E-state index in [0.29, 0.717) is 0 Å². The Balaban J connectivity index is 1.26. The zero-order valence-corrected chi connectivity index (χ0v) is 27.6. The fourth-order valence-electron chi connectivity index (χ4n) is 6.90. The summed E-state index contributed by atoms with van der Waals surface area (Å²) in [5.41, 5.74) is 17.8. The van der Waals surface area contributed by atoms with Crippen molar-refractivity contribution in [1.82, 2.24) is 4.98 Å². The molecule has 0 amide bonds. The van der Waals surface area contributed by atoms with E-state index in [1.165, 1.54) is 55.7 Å². The standard InChI is InChI=1S/C44H37NS/c1-5-37-39-25-34(20-22-40(39)44(3,4)41(37)28-46)33-19-21-38(29(2)23-33)35-18-12-17-32(24-35)36-26-42(30-13-8-6-9-14-30)45-43(27-36)31-15-10-7-11-16-31/h5-28,46H,1-4H3/b37-5?,41-28+. The highest BCUT2D eigenvalue weighted by atomic mass is 32.1. The van der Waals surface area contributed by atoms with E-state index in [1.54, 1.807) is 0 Å². The zero-order valence-electron chi connectivity index (χ0n) is 26.8. The average Bonchev–Trinajstić information content (AvgIpc) is 3.33. The van der Waals surface area contributed by atoms with E-state index in [1.807, 2.05) is 17.5 Å². The molecule has 5 aromatic carbocycles. The fourth-order valence-corrected chi connectivity index (χ4v) is 7.37. The van der Waals surface area contributed by atoms with E-state index < -0.39 is 0 Å². The molecule has 0 aliphatic heterocycles. The maximum atomic E-state index is 5.07. The van der Waals surface area contributed by atoms with E-state index in [4.69, 9.17) is 4.98 Å². The zero-order chi connectivity index (χ0) is 31.8. The van der Waals surface area contributed by atoms with Gasteiger partial charge in [0, 0.05) is 16.5 Å². The van der Waals surface area contributed by atoms with Crippen molar-refractivity contribution in [3.8, 4) is 55.9 Å². The largest absolute Gasteiger partial charge is 0.248 e. The maximum Gasteiger partial charge on any atom is 0.0715 e. The van der Waals surface area contributed by atoms with Crippen molar-refractivity contribution < 1.29 is 0 Å². The lowest BCUT2D eigenvalue weighted by molar-refractivity contribution is 0.662. The van der Waals surface area contributed by atoms with Crippen LogP contribution in [-0.4, -0.2) is 4.98 Å². The molecule has 0 atom stereocenters.